The zero-order chi connectivity index (χ0) is 3.07. The maximum absolute atomic E-state index is 2.99. The molecular weight excluding hydrogens is 68.0 g/mol. The fourth-order valence-corrected chi connectivity index (χ4v) is 0.595. The van der Waals surface area contributed by atoms with Gasteiger partial charge in [0, 0.05) is 0 Å². The summed E-state index contributed by atoms with van der Waals surface area (Å²) >= 11 is 0. The summed E-state index contributed by atoms with van der Waals surface area (Å²) in [5, 5.41) is 4.01. The number of nitrogens with one attached hydrogen (secondary N) is 2. The fraction of sp³-hybridized carbons (Fsp3) is 1.00. The molecule has 26 valence electrons. The number of fused-ring (bicyclic) bond motifs is 1. The van der Waals surface area contributed by atoms with E-state index in [-0.39, 0.29) is 5.91 Å². The van der Waals surface area contributed by atoms with Crippen LogP contribution in [0.3, 0.4) is 0 Å². The Hall–Kier alpha value is -0.160. The second kappa shape index (κ2) is 0.162. The van der Waals surface area contributed by atoms with Crippen LogP contribution >= 0.6 is 0 Å². The molecule has 1 spiro atoms. The van der Waals surface area contributed by atoms with Crippen LogP contribution in [-0.4, -0.2) is 16.1 Å². The van der Waals surface area contributed by atoms with Crippen LogP contribution < -0.4 is 10.9 Å². The van der Waals surface area contributed by atoms with Crippen molar-refractivity contribution < 1.29 is 0 Å². The Labute approximate surface area is 28.3 Å². The van der Waals surface area contributed by atoms with Gasteiger partial charge in [0.15, 0.2) is 0 Å². The lowest BCUT2D eigenvalue weighted by molar-refractivity contribution is 0.305. The second-order valence-electron chi connectivity index (χ2n) is 1.52. The molecule has 5 heavy (non-hydrogen) atoms. The molecule has 3 aliphatic rings. The zero-order valence-electron chi connectivity index (χ0n) is 2.39. The van der Waals surface area contributed by atoms with Crippen LogP contribution in [0.25, 0.3) is 0 Å². The molecule has 0 aromatic heterocycles. The van der Waals surface area contributed by atoms with Gasteiger partial charge in [-0.25, -0.2) is 0 Å². The van der Waals surface area contributed by atoms with E-state index in [9.17, 15) is 0 Å². The molecule has 0 radical (unpaired) electrons. The zero-order valence-corrected chi connectivity index (χ0v) is 2.39. The number of hydrogen-bond acceptors (Lipinski definition) is 4. The largest absolute Gasteiger partial charge is 0.270 e. The summed E-state index contributed by atoms with van der Waals surface area (Å²) in [4.78, 5) is 0. The topological polar surface area (TPSA) is 49.9 Å². The molecule has 4 nitrogen and oxygen atoms in total. The molecule has 3 fully saturated rings. The highest BCUT2D eigenvalue weighted by Gasteiger charge is 2.94. The van der Waals surface area contributed by atoms with Crippen molar-refractivity contribution in [2.45, 2.75) is 5.91 Å². The summed E-state index contributed by atoms with van der Waals surface area (Å²) in [5.74, 6) is 0.250. The van der Waals surface area contributed by atoms with Gasteiger partial charge in [0.05, 0.1) is 0 Å². The first-order valence-electron chi connectivity index (χ1n) is 1.59. The van der Waals surface area contributed by atoms with Gasteiger partial charge in [0.2, 0.25) is 0 Å². The molecule has 3 saturated heterocycles. The Kier molecular flexibility index (Phi) is 0.0493. The van der Waals surface area contributed by atoms with Crippen molar-refractivity contribution in [2.75, 3.05) is 0 Å². The summed E-state index contributed by atoms with van der Waals surface area (Å²) in [5.41, 5.74) is 5.99. The number of rotatable bonds is 0. The van der Waals surface area contributed by atoms with Gasteiger partial charge in [-0.1, -0.05) is 0 Å². The summed E-state index contributed by atoms with van der Waals surface area (Å²) < 4.78 is 0. The molecule has 3 aliphatic heterocycles. The first kappa shape index (κ1) is 1.53. The summed E-state index contributed by atoms with van der Waals surface area (Å²) in [7, 11) is 0. The maximum atomic E-state index is 2.99. The molecule has 0 aromatic rings. The molecule has 4 heteroatoms. The van der Waals surface area contributed by atoms with E-state index in [1.807, 2.05) is 10.2 Å². The van der Waals surface area contributed by atoms with Crippen LogP contribution in [0.1, 0.15) is 0 Å². The highest BCUT2D eigenvalue weighted by Crippen LogP contribution is 2.57. The first-order valence-corrected chi connectivity index (χ1v) is 1.59. The van der Waals surface area contributed by atoms with Crippen LogP contribution in [0.4, 0.5) is 0 Å². The van der Waals surface area contributed by atoms with E-state index in [1.54, 1.807) is 0 Å². The van der Waals surface area contributed by atoms with Crippen LogP contribution in [-0.2, 0) is 0 Å². The highest BCUT2D eigenvalue weighted by atomic mass is 16.5. The Morgan fingerprint density at radius 1 is 1.20 bits per heavy atom. The summed E-state index contributed by atoms with van der Waals surface area (Å²) in [6.45, 7) is 0. The minimum atomic E-state index is 0.250. The molecule has 0 saturated carbocycles. The van der Waals surface area contributed by atoms with Crippen LogP contribution in [0.2, 0.25) is 0 Å². The summed E-state index contributed by atoms with van der Waals surface area (Å²) in [6.07, 6.45) is 0. The molecule has 2 unspecified atom stereocenters. The Balaban J connectivity index is 2.49. The van der Waals surface area contributed by atoms with Gasteiger partial charge in [-0.3, -0.25) is 0 Å². The van der Waals surface area contributed by atoms with E-state index in [1.165, 1.54) is 0 Å². The second-order valence-corrected chi connectivity index (χ2v) is 1.52. The lowest BCUT2D eigenvalue weighted by Crippen LogP contribution is -2.06. The SMILES string of the molecule is N1N2N3NC123. The van der Waals surface area contributed by atoms with Gasteiger partial charge >= 0.3 is 0 Å². The molecular formula is CH2N4. The van der Waals surface area contributed by atoms with Crippen molar-refractivity contribution in [2.24, 2.45) is 0 Å². The molecule has 3 rings (SSSR count). The van der Waals surface area contributed by atoms with Gasteiger partial charge in [-0.2, -0.15) is 10.9 Å². The van der Waals surface area contributed by atoms with Gasteiger partial charge < -0.3 is 0 Å². The quantitative estimate of drug-likeness (QED) is 0.329. The molecule has 3 heterocycles. The number of hydrazine groups is 3. The number of hydrogen-bond donors (Lipinski definition) is 2. The van der Waals surface area contributed by atoms with E-state index in [4.69, 9.17) is 0 Å². The molecule has 2 N–H and O–H groups in total. The van der Waals surface area contributed by atoms with Crippen molar-refractivity contribution in [1.29, 1.82) is 0 Å². The van der Waals surface area contributed by atoms with E-state index in [0.717, 1.165) is 0 Å². The lowest BCUT2D eigenvalue weighted by Gasteiger charge is -1.74. The lowest BCUT2D eigenvalue weighted by atomic mass is 11.1. The normalized spacial score (nSPS) is 91.2. The van der Waals surface area contributed by atoms with Crippen molar-refractivity contribution in [3.05, 3.63) is 0 Å². The van der Waals surface area contributed by atoms with Gasteiger partial charge in [0.1, 0.15) is 0 Å². The molecule has 0 amide bonds. The molecule has 2 atom stereocenters. The predicted octanol–water partition coefficient (Wildman–Crippen LogP) is -1.83. The number of nitrogens with zero attached hydrogens (tertiary/aromatic N) is 2. The molecule has 0 aromatic carbocycles. The standard InChI is InChI=1S/CH2N4/c2-1-3-5(1)4(1)2/h2-3H. The van der Waals surface area contributed by atoms with Crippen LogP contribution in [0.5, 0.6) is 0 Å². The van der Waals surface area contributed by atoms with Gasteiger partial charge in [-0.05, 0) is 0 Å². The van der Waals surface area contributed by atoms with Gasteiger partial charge in [-0.15, -0.1) is 10.2 Å². The predicted molar refractivity (Wildman–Crippen MR) is 12.7 cm³/mol. The van der Waals surface area contributed by atoms with Crippen molar-refractivity contribution in [3.63, 3.8) is 0 Å². The third-order valence-electron chi connectivity index (χ3n) is 1.20. The Morgan fingerprint density at radius 2 is 1.60 bits per heavy atom. The third kappa shape index (κ3) is 0.0330. The fourth-order valence-electron chi connectivity index (χ4n) is 0.595. The first-order chi connectivity index (χ1) is 2.43. The van der Waals surface area contributed by atoms with E-state index < -0.39 is 0 Å². The van der Waals surface area contributed by atoms with Crippen molar-refractivity contribution in [1.82, 2.24) is 21.1 Å². The van der Waals surface area contributed by atoms with Crippen LogP contribution in [0, 0.1) is 0 Å². The smallest absolute Gasteiger partial charge is 0.183 e. The Morgan fingerprint density at radius 3 is 1.60 bits per heavy atom. The van der Waals surface area contributed by atoms with E-state index >= 15 is 0 Å². The molecule has 0 aliphatic carbocycles. The maximum Gasteiger partial charge on any atom is 0.270 e. The Bertz CT molecular complexity index is 94.2. The van der Waals surface area contributed by atoms with Gasteiger partial charge in [0.25, 0.3) is 5.91 Å². The minimum absolute atomic E-state index is 0.250. The average Bonchev–Trinajstić information content (AvgIpc) is 2.04. The minimum Gasteiger partial charge on any atom is -0.183 e. The van der Waals surface area contributed by atoms with Crippen molar-refractivity contribution >= 4 is 0 Å². The van der Waals surface area contributed by atoms with Crippen molar-refractivity contribution in [3.8, 4) is 0 Å². The van der Waals surface area contributed by atoms with E-state index in [0.29, 0.717) is 0 Å². The monoisotopic (exact) mass is 70.0 g/mol. The highest BCUT2D eigenvalue weighted by molar-refractivity contribution is 5.17. The van der Waals surface area contributed by atoms with Crippen LogP contribution in [0.15, 0.2) is 0 Å². The molecule has 0 bridgehead atoms. The van der Waals surface area contributed by atoms with E-state index in [2.05, 4.69) is 10.9 Å². The summed E-state index contributed by atoms with van der Waals surface area (Å²) in [6, 6.07) is 0. The third-order valence-corrected chi connectivity index (χ3v) is 1.20. The average molecular weight is 70.1 g/mol.